The lowest BCUT2D eigenvalue weighted by Gasteiger charge is -2.47. The van der Waals surface area contributed by atoms with Crippen molar-refractivity contribution in [3.8, 4) is 0 Å². The van der Waals surface area contributed by atoms with Crippen LogP contribution in [0, 0.1) is 5.92 Å². The average molecular weight is 292 g/mol. The van der Waals surface area contributed by atoms with Crippen molar-refractivity contribution in [2.75, 3.05) is 6.54 Å². The SMILES string of the molecule is C/C=C/CN1C(=O)C(C)(CC)NC(=O)C1C1CCCCC1. The van der Waals surface area contributed by atoms with Crippen LogP contribution in [0.15, 0.2) is 12.2 Å². The van der Waals surface area contributed by atoms with Crippen LogP contribution in [-0.4, -0.2) is 34.8 Å². The smallest absolute Gasteiger partial charge is 0.248 e. The lowest BCUT2D eigenvalue weighted by atomic mass is 9.80. The first-order valence-corrected chi connectivity index (χ1v) is 8.27. The van der Waals surface area contributed by atoms with Gasteiger partial charge in [-0.05, 0) is 39.0 Å². The van der Waals surface area contributed by atoms with Gasteiger partial charge in [0, 0.05) is 6.54 Å². The second kappa shape index (κ2) is 6.63. The molecule has 0 aromatic carbocycles. The number of allylic oxidation sites excluding steroid dienone is 1. The average Bonchev–Trinajstić information content (AvgIpc) is 2.50. The summed E-state index contributed by atoms with van der Waals surface area (Å²) in [6, 6.07) is -0.284. The lowest BCUT2D eigenvalue weighted by Crippen LogP contribution is -2.70. The first-order chi connectivity index (χ1) is 10.0. The first-order valence-electron chi connectivity index (χ1n) is 8.27. The number of rotatable bonds is 4. The summed E-state index contributed by atoms with van der Waals surface area (Å²) in [5, 5.41) is 2.99. The molecule has 1 aliphatic heterocycles. The molecule has 4 nitrogen and oxygen atoms in total. The highest BCUT2D eigenvalue weighted by molar-refractivity contribution is 5.99. The van der Waals surface area contributed by atoms with Gasteiger partial charge in [-0.15, -0.1) is 0 Å². The fourth-order valence-electron chi connectivity index (χ4n) is 3.56. The molecule has 1 heterocycles. The van der Waals surface area contributed by atoms with E-state index in [0.717, 1.165) is 12.8 Å². The van der Waals surface area contributed by atoms with E-state index in [1.807, 2.05) is 37.8 Å². The highest BCUT2D eigenvalue weighted by Gasteiger charge is 2.49. The molecule has 0 aromatic rings. The molecule has 1 saturated carbocycles. The Hall–Kier alpha value is -1.32. The van der Waals surface area contributed by atoms with Crippen LogP contribution in [0.25, 0.3) is 0 Å². The van der Waals surface area contributed by atoms with Crippen molar-refractivity contribution in [2.45, 2.75) is 70.9 Å². The van der Waals surface area contributed by atoms with Crippen molar-refractivity contribution in [2.24, 2.45) is 5.92 Å². The largest absolute Gasteiger partial charge is 0.340 e. The number of carbonyl (C=O) groups is 2. The molecule has 1 saturated heterocycles. The number of nitrogens with zero attached hydrogens (tertiary/aromatic N) is 1. The van der Waals surface area contributed by atoms with E-state index in [1.54, 1.807) is 0 Å². The van der Waals surface area contributed by atoms with E-state index in [1.165, 1.54) is 19.3 Å². The Morgan fingerprint density at radius 2 is 1.95 bits per heavy atom. The van der Waals surface area contributed by atoms with E-state index in [9.17, 15) is 9.59 Å². The molecule has 0 spiro atoms. The highest BCUT2D eigenvalue weighted by atomic mass is 16.2. The van der Waals surface area contributed by atoms with E-state index in [2.05, 4.69) is 5.32 Å². The van der Waals surface area contributed by atoms with Gasteiger partial charge >= 0.3 is 0 Å². The van der Waals surface area contributed by atoms with Crippen molar-refractivity contribution in [1.82, 2.24) is 10.2 Å². The standard InChI is InChI=1S/C17H28N2O2/c1-4-6-12-19-14(13-10-8-7-9-11-13)15(20)18-17(3,5-2)16(19)21/h4,6,13-14H,5,7-12H2,1-3H3,(H,18,20)/b6-4+. The molecular weight excluding hydrogens is 264 g/mol. The van der Waals surface area contributed by atoms with Crippen LogP contribution >= 0.6 is 0 Å². The van der Waals surface area contributed by atoms with Gasteiger partial charge in [-0.3, -0.25) is 9.59 Å². The maximum absolute atomic E-state index is 12.9. The Balaban J connectivity index is 2.27. The molecule has 2 unspecified atom stereocenters. The van der Waals surface area contributed by atoms with Crippen LogP contribution in [0.4, 0.5) is 0 Å². The van der Waals surface area contributed by atoms with Crippen LogP contribution in [-0.2, 0) is 9.59 Å². The Morgan fingerprint density at radius 3 is 2.52 bits per heavy atom. The molecule has 1 aliphatic carbocycles. The summed E-state index contributed by atoms with van der Waals surface area (Å²) < 4.78 is 0. The molecular formula is C17H28N2O2. The molecule has 0 bridgehead atoms. The predicted octanol–water partition coefficient (Wildman–Crippen LogP) is 2.64. The van der Waals surface area contributed by atoms with Crippen molar-refractivity contribution < 1.29 is 9.59 Å². The van der Waals surface area contributed by atoms with E-state index in [0.29, 0.717) is 18.9 Å². The minimum absolute atomic E-state index is 0.0374. The molecule has 2 fully saturated rings. The predicted molar refractivity (Wildman–Crippen MR) is 83.7 cm³/mol. The highest BCUT2D eigenvalue weighted by Crippen LogP contribution is 2.33. The summed E-state index contributed by atoms with van der Waals surface area (Å²) in [6.07, 6.45) is 10.3. The normalized spacial score (nSPS) is 31.8. The van der Waals surface area contributed by atoms with Gasteiger partial charge in [0.1, 0.15) is 11.6 Å². The first kappa shape index (κ1) is 16.1. The van der Waals surface area contributed by atoms with E-state index < -0.39 is 5.54 Å². The van der Waals surface area contributed by atoms with Crippen LogP contribution in [0.2, 0.25) is 0 Å². The van der Waals surface area contributed by atoms with Gasteiger partial charge in [0.15, 0.2) is 0 Å². The molecule has 1 N–H and O–H groups in total. The molecule has 2 amide bonds. The fourth-order valence-corrected chi connectivity index (χ4v) is 3.56. The summed E-state index contributed by atoms with van der Waals surface area (Å²) in [6.45, 7) is 6.28. The molecule has 21 heavy (non-hydrogen) atoms. The van der Waals surface area contributed by atoms with Crippen molar-refractivity contribution in [3.05, 3.63) is 12.2 Å². The third-order valence-corrected chi connectivity index (χ3v) is 5.08. The summed E-state index contributed by atoms with van der Waals surface area (Å²) in [5.41, 5.74) is -0.746. The van der Waals surface area contributed by atoms with Crippen LogP contribution < -0.4 is 5.32 Å². The van der Waals surface area contributed by atoms with E-state index >= 15 is 0 Å². The van der Waals surface area contributed by atoms with Crippen molar-refractivity contribution in [3.63, 3.8) is 0 Å². The molecule has 4 heteroatoms. The molecule has 2 aliphatic rings. The fraction of sp³-hybridized carbons (Fsp3) is 0.765. The summed E-state index contributed by atoms with van der Waals surface area (Å²) in [5.74, 6) is 0.419. The van der Waals surface area contributed by atoms with Gasteiger partial charge in [0.2, 0.25) is 11.8 Å². The zero-order valence-electron chi connectivity index (χ0n) is 13.5. The van der Waals surface area contributed by atoms with Gasteiger partial charge in [0.05, 0.1) is 0 Å². The number of hydrogen-bond donors (Lipinski definition) is 1. The third kappa shape index (κ3) is 3.14. The second-order valence-electron chi connectivity index (χ2n) is 6.54. The third-order valence-electron chi connectivity index (χ3n) is 5.08. The van der Waals surface area contributed by atoms with Crippen LogP contribution in [0.3, 0.4) is 0 Å². The number of amides is 2. The molecule has 118 valence electrons. The van der Waals surface area contributed by atoms with Crippen molar-refractivity contribution in [1.29, 1.82) is 0 Å². The number of hydrogen-bond acceptors (Lipinski definition) is 2. The lowest BCUT2D eigenvalue weighted by molar-refractivity contribution is -0.156. The van der Waals surface area contributed by atoms with E-state index in [4.69, 9.17) is 0 Å². The van der Waals surface area contributed by atoms with E-state index in [-0.39, 0.29) is 17.9 Å². The van der Waals surface area contributed by atoms with Gasteiger partial charge < -0.3 is 10.2 Å². The quantitative estimate of drug-likeness (QED) is 0.810. The van der Waals surface area contributed by atoms with Crippen LogP contribution in [0.1, 0.15) is 59.3 Å². The Bertz CT molecular complexity index is 427. The number of carbonyl (C=O) groups excluding carboxylic acids is 2. The Labute approximate surface area is 128 Å². The second-order valence-corrected chi connectivity index (χ2v) is 6.54. The molecule has 0 radical (unpaired) electrons. The topological polar surface area (TPSA) is 49.4 Å². The Kier molecular flexibility index (Phi) is 5.07. The molecule has 2 atom stereocenters. The molecule has 2 rings (SSSR count). The van der Waals surface area contributed by atoms with Gasteiger partial charge in [-0.1, -0.05) is 38.3 Å². The minimum atomic E-state index is -0.746. The van der Waals surface area contributed by atoms with Gasteiger partial charge in [0.25, 0.3) is 0 Å². The van der Waals surface area contributed by atoms with Crippen molar-refractivity contribution >= 4 is 11.8 Å². The summed E-state index contributed by atoms with van der Waals surface area (Å²) in [4.78, 5) is 27.3. The zero-order valence-corrected chi connectivity index (χ0v) is 13.5. The maximum Gasteiger partial charge on any atom is 0.248 e. The zero-order chi connectivity index (χ0) is 15.5. The minimum Gasteiger partial charge on any atom is -0.340 e. The number of nitrogens with one attached hydrogen (secondary N) is 1. The monoisotopic (exact) mass is 292 g/mol. The van der Waals surface area contributed by atoms with Crippen LogP contribution in [0.5, 0.6) is 0 Å². The van der Waals surface area contributed by atoms with Gasteiger partial charge in [-0.2, -0.15) is 0 Å². The summed E-state index contributed by atoms with van der Waals surface area (Å²) >= 11 is 0. The Morgan fingerprint density at radius 1 is 1.29 bits per heavy atom. The summed E-state index contributed by atoms with van der Waals surface area (Å²) in [7, 11) is 0. The van der Waals surface area contributed by atoms with Gasteiger partial charge in [-0.25, -0.2) is 0 Å². The number of piperazine rings is 1. The molecule has 0 aromatic heterocycles. The maximum atomic E-state index is 12.9.